The summed E-state index contributed by atoms with van der Waals surface area (Å²) >= 11 is 0. The second kappa shape index (κ2) is 11.4. The molecule has 0 fully saturated rings. The number of para-hydroxylation sites is 2. The van der Waals surface area contributed by atoms with Crippen LogP contribution in [0, 0.1) is 0 Å². The molecular weight excluding hydrogens is 613 g/mol. The van der Waals surface area contributed by atoms with Crippen LogP contribution in [0.25, 0.3) is 94.7 Å². The number of rotatable bonds is 5. The molecule has 0 unspecified atom stereocenters. The SMILES string of the molecule is c1ccc(-c2nc(-c3ccccc3)nc(-c3cccc4oc5ccc(-c6ccc7c(c6)c6ccccc6n7-c6ccccc6)cc5c34)n2)cc1. The first-order valence-corrected chi connectivity index (χ1v) is 16.7. The molecular formula is C45H28N4O. The molecule has 0 radical (unpaired) electrons. The zero-order valence-electron chi connectivity index (χ0n) is 26.9. The van der Waals surface area contributed by atoms with Crippen molar-refractivity contribution in [2.75, 3.05) is 0 Å². The Labute approximate surface area is 287 Å². The van der Waals surface area contributed by atoms with Gasteiger partial charge in [0, 0.05) is 43.9 Å². The van der Waals surface area contributed by atoms with Gasteiger partial charge in [-0.25, -0.2) is 15.0 Å². The van der Waals surface area contributed by atoms with Gasteiger partial charge in [0.1, 0.15) is 11.2 Å². The Bertz CT molecular complexity index is 2800. The topological polar surface area (TPSA) is 56.7 Å². The Kier molecular flexibility index (Phi) is 6.42. The lowest BCUT2D eigenvalue weighted by Gasteiger charge is -2.09. The third kappa shape index (κ3) is 4.60. The molecule has 3 heterocycles. The van der Waals surface area contributed by atoms with Crippen LogP contribution in [0.3, 0.4) is 0 Å². The summed E-state index contributed by atoms with van der Waals surface area (Å²) in [5.74, 6) is 1.86. The van der Waals surface area contributed by atoms with Crippen molar-refractivity contribution in [3.63, 3.8) is 0 Å². The van der Waals surface area contributed by atoms with Crippen molar-refractivity contribution in [3.05, 3.63) is 170 Å². The molecule has 10 rings (SSSR count). The van der Waals surface area contributed by atoms with Crippen LogP contribution in [0.2, 0.25) is 0 Å². The molecule has 0 atom stereocenters. The van der Waals surface area contributed by atoms with Crippen LogP contribution in [-0.4, -0.2) is 19.5 Å². The van der Waals surface area contributed by atoms with Crippen molar-refractivity contribution in [2.24, 2.45) is 0 Å². The van der Waals surface area contributed by atoms with Gasteiger partial charge in [-0.15, -0.1) is 0 Å². The van der Waals surface area contributed by atoms with E-state index in [0.717, 1.165) is 55.4 Å². The van der Waals surface area contributed by atoms with E-state index in [4.69, 9.17) is 19.4 Å². The number of hydrogen-bond donors (Lipinski definition) is 0. The van der Waals surface area contributed by atoms with Gasteiger partial charge in [0.25, 0.3) is 0 Å². The molecule has 0 aliphatic heterocycles. The molecule has 0 bridgehead atoms. The minimum absolute atomic E-state index is 0.603. The number of fused-ring (bicyclic) bond motifs is 6. The van der Waals surface area contributed by atoms with Crippen LogP contribution in [0.1, 0.15) is 0 Å². The van der Waals surface area contributed by atoms with E-state index in [-0.39, 0.29) is 0 Å². The molecule has 234 valence electrons. The smallest absolute Gasteiger partial charge is 0.164 e. The highest BCUT2D eigenvalue weighted by Crippen LogP contribution is 2.40. The fourth-order valence-electron chi connectivity index (χ4n) is 7.13. The first kappa shape index (κ1) is 28.2. The molecule has 5 heteroatoms. The Morgan fingerprint density at radius 3 is 1.68 bits per heavy atom. The monoisotopic (exact) mass is 640 g/mol. The lowest BCUT2D eigenvalue weighted by Crippen LogP contribution is -2.00. The van der Waals surface area contributed by atoms with Gasteiger partial charge in [0.05, 0.1) is 11.0 Å². The van der Waals surface area contributed by atoms with E-state index in [0.29, 0.717) is 17.5 Å². The van der Waals surface area contributed by atoms with E-state index in [1.54, 1.807) is 0 Å². The van der Waals surface area contributed by atoms with Crippen molar-refractivity contribution < 1.29 is 4.42 Å². The Morgan fingerprint density at radius 1 is 0.380 bits per heavy atom. The fourth-order valence-corrected chi connectivity index (χ4v) is 7.13. The van der Waals surface area contributed by atoms with Gasteiger partial charge in [-0.05, 0) is 59.7 Å². The number of hydrogen-bond acceptors (Lipinski definition) is 4. The molecule has 0 amide bonds. The largest absolute Gasteiger partial charge is 0.456 e. The van der Waals surface area contributed by atoms with Gasteiger partial charge in [0.15, 0.2) is 17.5 Å². The zero-order chi connectivity index (χ0) is 33.0. The van der Waals surface area contributed by atoms with Crippen molar-refractivity contribution in [1.29, 1.82) is 0 Å². The number of nitrogens with zero attached hydrogens (tertiary/aromatic N) is 4. The third-order valence-electron chi connectivity index (χ3n) is 9.46. The first-order chi connectivity index (χ1) is 24.8. The Balaban J connectivity index is 1.16. The lowest BCUT2D eigenvalue weighted by molar-refractivity contribution is 0.669. The molecule has 0 aliphatic carbocycles. The minimum Gasteiger partial charge on any atom is -0.456 e. The van der Waals surface area contributed by atoms with Crippen LogP contribution in [0.4, 0.5) is 0 Å². The third-order valence-corrected chi connectivity index (χ3v) is 9.46. The highest BCUT2D eigenvalue weighted by Gasteiger charge is 2.19. The van der Waals surface area contributed by atoms with E-state index in [9.17, 15) is 0 Å². The molecule has 3 aromatic heterocycles. The predicted molar refractivity (Wildman–Crippen MR) is 203 cm³/mol. The molecule has 0 spiro atoms. The van der Waals surface area contributed by atoms with Crippen LogP contribution in [0.15, 0.2) is 174 Å². The maximum absolute atomic E-state index is 6.44. The highest BCUT2D eigenvalue weighted by molar-refractivity contribution is 6.14. The van der Waals surface area contributed by atoms with Crippen LogP contribution in [0.5, 0.6) is 0 Å². The van der Waals surface area contributed by atoms with Gasteiger partial charge in [-0.1, -0.05) is 121 Å². The summed E-state index contributed by atoms with van der Waals surface area (Å²) in [5, 5.41) is 4.44. The van der Waals surface area contributed by atoms with E-state index < -0.39 is 0 Å². The molecule has 0 saturated heterocycles. The highest BCUT2D eigenvalue weighted by atomic mass is 16.3. The maximum Gasteiger partial charge on any atom is 0.164 e. The summed E-state index contributed by atoms with van der Waals surface area (Å²) in [6.45, 7) is 0. The Morgan fingerprint density at radius 2 is 0.960 bits per heavy atom. The number of furan rings is 1. The van der Waals surface area contributed by atoms with Gasteiger partial charge < -0.3 is 8.98 Å². The molecule has 7 aromatic carbocycles. The maximum atomic E-state index is 6.44. The van der Waals surface area contributed by atoms with E-state index in [1.807, 2.05) is 72.8 Å². The van der Waals surface area contributed by atoms with E-state index in [1.165, 1.54) is 21.8 Å². The summed E-state index contributed by atoms with van der Waals surface area (Å²) in [4.78, 5) is 15.0. The normalized spacial score (nSPS) is 11.6. The summed E-state index contributed by atoms with van der Waals surface area (Å²) < 4.78 is 8.78. The first-order valence-electron chi connectivity index (χ1n) is 16.7. The van der Waals surface area contributed by atoms with Crippen LogP contribution >= 0.6 is 0 Å². The average Bonchev–Trinajstić information content (AvgIpc) is 3.74. The molecule has 50 heavy (non-hydrogen) atoms. The average molecular weight is 641 g/mol. The van der Waals surface area contributed by atoms with Crippen LogP contribution in [-0.2, 0) is 0 Å². The molecule has 0 N–H and O–H groups in total. The summed E-state index contributed by atoms with van der Waals surface area (Å²) in [6.07, 6.45) is 0. The van der Waals surface area contributed by atoms with Gasteiger partial charge >= 0.3 is 0 Å². The van der Waals surface area contributed by atoms with Crippen molar-refractivity contribution in [3.8, 4) is 51.0 Å². The number of benzene rings is 7. The summed E-state index contributed by atoms with van der Waals surface area (Å²) in [7, 11) is 0. The predicted octanol–water partition coefficient (Wildman–Crippen LogP) is 11.5. The quantitative estimate of drug-likeness (QED) is 0.188. The zero-order valence-corrected chi connectivity index (χ0v) is 26.9. The molecule has 10 aromatic rings. The van der Waals surface area contributed by atoms with Crippen molar-refractivity contribution >= 4 is 43.7 Å². The fraction of sp³-hybridized carbons (Fsp3) is 0. The standard InChI is InChI=1S/C45H28N4O/c1-4-13-29(14-5-1)43-46-44(30-15-6-2-7-16-30)48-45(47-43)35-20-12-22-41-42(35)37-28-32(24-26-40(37)50-41)31-23-25-39-36(27-31)34-19-10-11-21-38(34)49(39)33-17-8-3-9-18-33/h1-28H. The van der Waals surface area contributed by atoms with Gasteiger partial charge in [-0.2, -0.15) is 0 Å². The van der Waals surface area contributed by atoms with Crippen LogP contribution < -0.4 is 0 Å². The molecule has 0 aliphatic rings. The second-order valence-corrected chi connectivity index (χ2v) is 12.5. The van der Waals surface area contributed by atoms with Crippen molar-refractivity contribution in [2.45, 2.75) is 0 Å². The second-order valence-electron chi connectivity index (χ2n) is 12.5. The summed E-state index contributed by atoms with van der Waals surface area (Å²) in [5.41, 5.74) is 10.1. The Hall–Kier alpha value is -6.85. The van der Waals surface area contributed by atoms with Crippen molar-refractivity contribution in [1.82, 2.24) is 19.5 Å². The molecule has 0 saturated carbocycles. The molecule has 5 nitrogen and oxygen atoms in total. The van der Waals surface area contributed by atoms with Gasteiger partial charge in [0.2, 0.25) is 0 Å². The minimum atomic E-state index is 0.603. The summed E-state index contributed by atoms with van der Waals surface area (Å²) in [6, 6.07) is 58.6. The lowest BCUT2D eigenvalue weighted by atomic mass is 9.99. The van der Waals surface area contributed by atoms with Gasteiger partial charge in [-0.3, -0.25) is 0 Å². The number of aromatic nitrogens is 4. The van der Waals surface area contributed by atoms with E-state index >= 15 is 0 Å². The van der Waals surface area contributed by atoms with E-state index in [2.05, 4.69) is 102 Å².